The molecule has 0 bridgehead atoms. The summed E-state index contributed by atoms with van der Waals surface area (Å²) in [7, 11) is -2.57. The molecule has 27 heavy (non-hydrogen) atoms. The highest BCUT2D eigenvalue weighted by atomic mass is 32.2. The smallest absolute Gasteiger partial charge is 0.342 e. The van der Waals surface area contributed by atoms with Crippen LogP contribution in [0.5, 0.6) is 0 Å². The van der Waals surface area contributed by atoms with E-state index in [9.17, 15) is 26.4 Å². The van der Waals surface area contributed by atoms with E-state index < -0.39 is 26.7 Å². The minimum Gasteiger partial charge on any atom is -0.342 e. The first-order chi connectivity index (χ1) is 12.4. The van der Waals surface area contributed by atoms with Crippen LogP contribution in [0.2, 0.25) is 0 Å². The summed E-state index contributed by atoms with van der Waals surface area (Å²) in [6.45, 7) is 4.57. The number of likely N-dealkylation sites (N-methyl/N-ethyl adjacent to an activating group) is 1. The number of carbonyl (C=O) groups is 1. The Morgan fingerprint density at radius 3 is 2.22 bits per heavy atom. The fourth-order valence-corrected chi connectivity index (χ4v) is 4.42. The Hall–Kier alpha value is -1.65. The molecule has 1 fully saturated rings. The number of nitrogens with zero attached hydrogens (tertiary/aromatic N) is 3. The quantitative estimate of drug-likeness (QED) is 0.748. The molecule has 0 spiro atoms. The van der Waals surface area contributed by atoms with Crippen molar-refractivity contribution in [2.75, 3.05) is 39.8 Å². The number of rotatable bonds is 5. The van der Waals surface area contributed by atoms with Crippen molar-refractivity contribution in [3.8, 4) is 0 Å². The Kier molecular flexibility index (Phi) is 6.54. The number of piperazine rings is 1. The van der Waals surface area contributed by atoms with Crippen molar-refractivity contribution in [3.63, 3.8) is 0 Å². The summed E-state index contributed by atoms with van der Waals surface area (Å²) in [4.78, 5) is 14.8. The number of carbonyl (C=O) groups excluding carboxylic acids is 1. The van der Waals surface area contributed by atoms with Crippen molar-refractivity contribution in [2.24, 2.45) is 0 Å². The van der Waals surface area contributed by atoms with Crippen molar-refractivity contribution in [1.29, 1.82) is 0 Å². The molecule has 1 amide bonds. The Morgan fingerprint density at radius 1 is 1.15 bits per heavy atom. The summed E-state index contributed by atoms with van der Waals surface area (Å²) in [5.41, 5.74) is -1.17. The molecule has 1 saturated heterocycles. The molecule has 1 aliphatic heterocycles. The van der Waals surface area contributed by atoms with Gasteiger partial charge >= 0.3 is 6.18 Å². The highest BCUT2D eigenvalue weighted by Crippen LogP contribution is 2.35. The van der Waals surface area contributed by atoms with E-state index in [-0.39, 0.29) is 44.7 Å². The number of alkyl halides is 3. The number of hydrogen-bond acceptors (Lipinski definition) is 4. The lowest BCUT2D eigenvalue weighted by Gasteiger charge is -2.35. The lowest BCUT2D eigenvalue weighted by atomic mass is 10.2. The van der Waals surface area contributed by atoms with E-state index >= 15 is 0 Å². The Morgan fingerprint density at radius 2 is 1.70 bits per heavy atom. The minimum atomic E-state index is -4.75. The molecule has 0 aromatic heterocycles. The zero-order valence-corrected chi connectivity index (χ0v) is 16.3. The largest absolute Gasteiger partial charge is 0.417 e. The van der Waals surface area contributed by atoms with Gasteiger partial charge in [0.2, 0.25) is 15.9 Å². The maximum Gasteiger partial charge on any atom is 0.417 e. The van der Waals surface area contributed by atoms with Crippen LogP contribution in [0.4, 0.5) is 13.2 Å². The van der Waals surface area contributed by atoms with E-state index in [4.69, 9.17) is 0 Å². The molecule has 1 heterocycles. The molecule has 152 valence electrons. The summed E-state index contributed by atoms with van der Waals surface area (Å²) in [5, 5.41) is 0. The first-order valence-electron chi connectivity index (χ1n) is 8.59. The van der Waals surface area contributed by atoms with Crippen molar-refractivity contribution in [2.45, 2.75) is 31.0 Å². The number of amides is 1. The molecular weight excluding hydrogens is 383 g/mol. The number of sulfonamides is 1. The van der Waals surface area contributed by atoms with Crippen LogP contribution in [-0.2, 0) is 21.0 Å². The molecule has 0 saturated carbocycles. The summed E-state index contributed by atoms with van der Waals surface area (Å²) >= 11 is 0. The molecule has 1 aromatic carbocycles. The SMILES string of the molecule is CC(C)N(C)C(=O)CN1CCN(S(=O)(=O)c2ccccc2C(F)(F)F)CC1. The topological polar surface area (TPSA) is 60.9 Å². The molecule has 1 aliphatic rings. The Labute approximate surface area is 157 Å². The maximum atomic E-state index is 13.2. The van der Waals surface area contributed by atoms with Crippen LogP contribution >= 0.6 is 0 Å². The first kappa shape index (κ1) is 21.6. The zero-order valence-electron chi connectivity index (χ0n) is 15.5. The predicted octanol–water partition coefficient (Wildman–Crippen LogP) is 1.88. The van der Waals surface area contributed by atoms with Gasteiger partial charge in [0, 0.05) is 39.3 Å². The van der Waals surface area contributed by atoms with Gasteiger partial charge in [0.05, 0.1) is 17.0 Å². The van der Waals surface area contributed by atoms with Crippen LogP contribution < -0.4 is 0 Å². The van der Waals surface area contributed by atoms with E-state index in [0.717, 1.165) is 22.5 Å². The van der Waals surface area contributed by atoms with E-state index in [1.807, 2.05) is 18.7 Å². The summed E-state index contributed by atoms with van der Waals surface area (Å²) < 4.78 is 65.9. The van der Waals surface area contributed by atoms with Gasteiger partial charge in [-0.2, -0.15) is 17.5 Å². The Bertz CT molecular complexity index is 773. The van der Waals surface area contributed by atoms with Crippen LogP contribution in [0.25, 0.3) is 0 Å². The summed E-state index contributed by atoms with van der Waals surface area (Å²) in [6, 6.07) is 4.24. The van der Waals surface area contributed by atoms with E-state index in [1.54, 1.807) is 11.9 Å². The van der Waals surface area contributed by atoms with Crippen molar-refractivity contribution < 1.29 is 26.4 Å². The third-order valence-electron chi connectivity index (χ3n) is 4.67. The first-order valence-corrected chi connectivity index (χ1v) is 10.0. The van der Waals surface area contributed by atoms with Crippen LogP contribution in [-0.4, -0.2) is 74.2 Å². The zero-order chi connectivity index (χ0) is 20.4. The molecule has 1 aromatic rings. The van der Waals surface area contributed by atoms with Gasteiger partial charge in [-0.25, -0.2) is 8.42 Å². The van der Waals surface area contributed by atoms with Gasteiger partial charge in [-0.05, 0) is 26.0 Å². The summed E-state index contributed by atoms with van der Waals surface area (Å²) in [6.07, 6.45) is -4.75. The average molecular weight is 407 g/mol. The van der Waals surface area contributed by atoms with Crippen molar-refractivity contribution in [3.05, 3.63) is 29.8 Å². The molecule has 0 unspecified atom stereocenters. The van der Waals surface area contributed by atoms with Crippen LogP contribution in [0, 0.1) is 0 Å². The third kappa shape index (κ3) is 4.99. The highest BCUT2D eigenvalue weighted by molar-refractivity contribution is 7.89. The van der Waals surface area contributed by atoms with Crippen molar-refractivity contribution in [1.82, 2.24) is 14.1 Å². The van der Waals surface area contributed by atoms with Gasteiger partial charge in [0.15, 0.2) is 0 Å². The summed E-state index contributed by atoms with van der Waals surface area (Å²) in [5.74, 6) is -0.0799. The van der Waals surface area contributed by atoms with Gasteiger partial charge < -0.3 is 4.90 Å². The molecule has 10 heteroatoms. The number of halogens is 3. The van der Waals surface area contributed by atoms with Crippen LogP contribution in [0.1, 0.15) is 19.4 Å². The average Bonchev–Trinajstić information content (AvgIpc) is 2.60. The lowest BCUT2D eigenvalue weighted by molar-refractivity contribution is -0.140. The van der Waals surface area contributed by atoms with E-state index in [0.29, 0.717) is 0 Å². The van der Waals surface area contributed by atoms with Gasteiger partial charge in [-0.15, -0.1) is 0 Å². The fraction of sp³-hybridized carbons (Fsp3) is 0.588. The molecule has 0 radical (unpaired) electrons. The van der Waals surface area contributed by atoms with Gasteiger partial charge in [0.1, 0.15) is 0 Å². The second-order valence-electron chi connectivity index (χ2n) is 6.77. The molecule has 0 aliphatic carbocycles. The standard InChI is InChI=1S/C17H24F3N3O3S/c1-13(2)21(3)16(24)12-22-8-10-23(11-9-22)27(25,26)15-7-5-4-6-14(15)17(18,19)20/h4-7,13H,8-12H2,1-3H3. The van der Waals surface area contributed by atoms with Crippen molar-refractivity contribution >= 4 is 15.9 Å². The monoisotopic (exact) mass is 407 g/mol. The highest BCUT2D eigenvalue weighted by Gasteiger charge is 2.39. The maximum absolute atomic E-state index is 13.2. The van der Waals surface area contributed by atoms with E-state index in [2.05, 4.69) is 0 Å². The number of hydrogen-bond donors (Lipinski definition) is 0. The molecule has 6 nitrogen and oxygen atoms in total. The van der Waals surface area contributed by atoms with Crippen LogP contribution in [0.15, 0.2) is 29.2 Å². The molecule has 2 rings (SSSR count). The lowest BCUT2D eigenvalue weighted by Crippen LogP contribution is -2.51. The van der Waals surface area contributed by atoms with E-state index in [1.165, 1.54) is 6.07 Å². The number of benzene rings is 1. The molecule has 0 N–H and O–H groups in total. The molecule has 0 atom stereocenters. The van der Waals surface area contributed by atoms with Gasteiger partial charge in [-0.3, -0.25) is 9.69 Å². The predicted molar refractivity (Wildman–Crippen MR) is 94.5 cm³/mol. The third-order valence-corrected chi connectivity index (χ3v) is 6.63. The van der Waals surface area contributed by atoms with Crippen LogP contribution in [0.3, 0.4) is 0 Å². The fourth-order valence-electron chi connectivity index (χ4n) is 2.78. The van der Waals surface area contributed by atoms with Gasteiger partial charge in [0.25, 0.3) is 0 Å². The minimum absolute atomic E-state index is 0.0349. The normalized spacial score (nSPS) is 17.3. The van der Waals surface area contributed by atoms with Gasteiger partial charge in [-0.1, -0.05) is 12.1 Å². The second-order valence-corrected chi connectivity index (χ2v) is 8.68. The Balaban J connectivity index is 2.09. The molecular formula is C17H24F3N3O3S. The second kappa shape index (κ2) is 8.15.